The van der Waals surface area contributed by atoms with Crippen LogP contribution in [0.25, 0.3) is 0 Å². The van der Waals surface area contributed by atoms with Crippen LogP contribution in [0.4, 0.5) is 5.69 Å². The lowest BCUT2D eigenvalue weighted by Crippen LogP contribution is -2.45. The molecule has 4 N–H and O–H groups in total. The molecule has 1 fully saturated rings. The molecule has 1 heterocycles. The van der Waals surface area contributed by atoms with Crippen LogP contribution in [0.1, 0.15) is 5.56 Å². The predicted molar refractivity (Wildman–Crippen MR) is 92.5 cm³/mol. The molecule has 0 bridgehead atoms. The molecule has 0 atom stereocenters. The summed E-state index contributed by atoms with van der Waals surface area (Å²) in [5.41, 5.74) is 1.31. The Kier molecular flexibility index (Phi) is 6.61. The summed E-state index contributed by atoms with van der Waals surface area (Å²) in [6.45, 7) is 7.33. The highest BCUT2D eigenvalue weighted by atomic mass is 16.3. The van der Waals surface area contributed by atoms with Crippen molar-refractivity contribution < 1.29 is 9.90 Å². The number of rotatable bonds is 6. The summed E-state index contributed by atoms with van der Waals surface area (Å²) in [7, 11) is 0. The molecule has 7 heteroatoms. The second kappa shape index (κ2) is 8.91. The number of hydrogen-bond acceptors (Lipinski definition) is 6. The van der Waals surface area contributed by atoms with E-state index in [-0.39, 0.29) is 11.3 Å². The van der Waals surface area contributed by atoms with Gasteiger partial charge in [-0.3, -0.25) is 9.69 Å². The molecule has 1 aromatic rings. The Hall–Kier alpha value is -2.56. The van der Waals surface area contributed by atoms with Gasteiger partial charge < -0.3 is 21.1 Å². The number of hydrogen-bond donors (Lipinski definition) is 4. The van der Waals surface area contributed by atoms with E-state index < -0.39 is 5.91 Å². The van der Waals surface area contributed by atoms with Crippen molar-refractivity contribution in [3.63, 3.8) is 0 Å². The lowest BCUT2D eigenvalue weighted by atomic mass is 10.2. The van der Waals surface area contributed by atoms with Gasteiger partial charge in [-0.1, -0.05) is 0 Å². The monoisotopic (exact) mass is 329 g/mol. The van der Waals surface area contributed by atoms with Crippen LogP contribution < -0.4 is 16.0 Å². The van der Waals surface area contributed by atoms with Gasteiger partial charge in [0.25, 0.3) is 5.91 Å². The number of carbonyl (C=O) groups excluding carboxylic acids is 1. The van der Waals surface area contributed by atoms with Crippen molar-refractivity contribution in [2.75, 3.05) is 44.6 Å². The first kappa shape index (κ1) is 17.8. The number of amides is 1. The number of nitriles is 1. The van der Waals surface area contributed by atoms with Gasteiger partial charge in [-0.2, -0.15) is 5.26 Å². The lowest BCUT2D eigenvalue weighted by Gasteiger charge is -2.26. The number of piperazine rings is 1. The Bertz CT molecular complexity index is 645. The van der Waals surface area contributed by atoms with E-state index >= 15 is 0 Å². The van der Waals surface area contributed by atoms with Crippen molar-refractivity contribution in [3.05, 3.63) is 35.5 Å². The van der Waals surface area contributed by atoms with Crippen molar-refractivity contribution in [1.29, 1.82) is 5.26 Å². The van der Waals surface area contributed by atoms with Crippen LogP contribution in [0.2, 0.25) is 0 Å². The molecular weight excluding hydrogens is 306 g/mol. The smallest absolute Gasteiger partial charge is 0.267 e. The van der Waals surface area contributed by atoms with Crippen molar-refractivity contribution in [1.82, 2.24) is 15.5 Å². The maximum absolute atomic E-state index is 12.2. The van der Waals surface area contributed by atoms with Crippen LogP contribution in [0.5, 0.6) is 5.75 Å². The average molecular weight is 329 g/mol. The SMILES string of the molecule is Cc1cc(O)ccc1NC(=O)/C(C#N)=C\NCCN1CCNCC1. The predicted octanol–water partition coefficient (Wildman–Crippen LogP) is 0.541. The molecule has 0 saturated carbocycles. The third-order valence-corrected chi connectivity index (χ3v) is 3.85. The Morgan fingerprint density at radius 1 is 1.46 bits per heavy atom. The van der Waals surface area contributed by atoms with Gasteiger partial charge in [0.1, 0.15) is 17.4 Å². The molecule has 0 radical (unpaired) electrons. The van der Waals surface area contributed by atoms with Crippen LogP contribution in [-0.4, -0.2) is 55.2 Å². The van der Waals surface area contributed by atoms with Crippen molar-refractivity contribution in [2.24, 2.45) is 0 Å². The summed E-state index contributed by atoms with van der Waals surface area (Å²) in [5.74, 6) is -0.336. The summed E-state index contributed by atoms with van der Waals surface area (Å²) in [6.07, 6.45) is 1.45. The Balaban J connectivity index is 1.85. The molecule has 1 aliphatic heterocycles. The first-order chi connectivity index (χ1) is 11.6. The molecule has 0 unspecified atom stereocenters. The largest absolute Gasteiger partial charge is 0.508 e. The van der Waals surface area contributed by atoms with Crippen molar-refractivity contribution >= 4 is 11.6 Å². The Morgan fingerprint density at radius 3 is 2.88 bits per heavy atom. The number of phenolic OH excluding ortho intramolecular Hbond substituents is 1. The minimum Gasteiger partial charge on any atom is -0.508 e. The van der Waals surface area contributed by atoms with E-state index in [1.54, 1.807) is 19.1 Å². The van der Waals surface area contributed by atoms with Crippen molar-refractivity contribution in [3.8, 4) is 11.8 Å². The summed E-state index contributed by atoms with van der Waals surface area (Å²) < 4.78 is 0. The summed E-state index contributed by atoms with van der Waals surface area (Å²) >= 11 is 0. The zero-order valence-corrected chi connectivity index (χ0v) is 13.8. The Morgan fingerprint density at radius 2 is 2.21 bits per heavy atom. The van der Waals surface area contributed by atoms with Gasteiger partial charge in [-0.25, -0.2) is 0 Å². The van der Waals surface area contributed by atoms with Crippen molar-refractivity contribution in [2.45, 2.75) is 6.92 Å². The third kappa shape index (κ3) is 5.26. The minimum absolute atomic E-state index is 0.0165. The summed E-state index contributed by atoms with van der Waals surface area (Å²) in [4.78, 5) is 14.5. The van der Waals surface area contributed by atoms with Gasteiger partial charge in [0, 0.05) is 51.2 Å². The Labute approximate surface area is 142 Å². The number of nitrogens with one attached hydrogen (secondary N) is 3. The highest BCUT2D eigenvalue weighted by Crippen LogP contribution is 2.20. The maximum Gasteiger partial charge on any atom is 0.267 e. The fourth-order valence-electron chi connectivity index (χ4n) is 2.46. The quantitative estimate of drug-likeness (QED) is 0.263. The zero-order chi connectivity index (χ0) is 17.4. The number of benzene rings is 1. The van der Waals surface area contributed by atoms with E-state index in [2.05, 4.69) is 20.9 Å². The minimum atomic E-state index is -0.471. The zero-order valence-electron chi connectivity index (χ0n) is 13.8. The molecule has 24 heavy (non-hydrogen) atoms. The molecule has 1 aliphatic rings. The summed E-state index contributed by atoms with van der Waals surface area (Å²) in [6, 6.07) is 6.55. The number of phenols is 1. The van der Waals surface area contributed by atoms with E-state index in [1.165, 1.54) is 12.3 Å². The highest BCUT2D eigenvalue weighted by Gasteiger charge is 2.11. The number of aromatic hydroxyl groups is 1. The molecule has 128 valence electrons. The number of carbonyl (C=O) groups is 1. The van der Waals surface area contributed by atoms with Gasteiger partial charge >= 0.3 is 0 Å². The molecule has 2 rings (SSSR count). The van der Waals surface area contributed by atoms with Crippen LogP contribution in [0.3, 0.4) is 0 Å². The van der Waals surface area contributed by atoms with Gasteiger partial charge in [0.2, 0.25) is 0 Å². The second-order valence-electron chi connectivity index (χ2n) is 5.67. The van der Waals surface area contributed by atoms with E-state index in [0.29, 0.717) is 12.2 Å². The van der Waals surface area contributed by atoms with Crippen LogP contribution in [0, 0.1) is 18.3 Å². The lowest BCUT2D eigenvalue weighted by molar-refractivity contribution is -0.112. The van der Waals surface area contributed by atoms with Crippen LogP contribution in [-0.2, 0) is 4.79 Å². The fraction of sp³-hybridized carbons (Fsp3) is 0.412. The molecule has 0 aliphatic carbocycles. The molecule has 0 aromatic heterocycles. The van der Waals surface area contributed by atoms with Gasteiger partial charge in [-0.15, -0.1) is 0 Å². The molecule has 1 amide bonds. The standard InChI is InChI=1S/C17H23N5O2/c1-13-10-15(23)2-3-16(13)21-17(24)14(11-18)12-20-6-9-22-7-4-19-5-8-22/h2-3,10,12,19-20,23H,4-9H2,1H3,(H,21,24)/b14-12-. The van der Waals surface area contributed by atoms with E-state index in [0.717, 1.165) is 38.3 Å². The molecular formula is C17H23N5O2. The van der Waals surface area contributed by atoms with Gasteiger partial charge in [0.15, 0.2) is 0 Å². The first-order valence-corrected chi connectivity index (χ1v) is 7.98. The molecule has 1 saturated heterocycles. The molecule has 7 nitrogen and oxygen atoms in total. The maximum atomic E-state index is 12.2. The van der Waals surface area contributed by atoms with E-state index in [9.17, 15) is 9.90 Å². The normalized spacial score (nSPS) is 15.6. The fourth-order valence-corrected chi connectivity index (χ4v) is 2.46. The molecule has 1 aromatic carbocycles. The number of nitrogens with zero attached hydrogens (tertiary/aromatic N) is 2. The average Bonchev–Trinajstić information content (AvgIpc) is 2.58. The number of anilines is 1. The van der Waals surface area contributed by atoms with E-state index in [1.807, 2.05) is 6.07 Å². The number of aryl methyl sites for hydroxylation is 1. The van der Waals surface area contributed by atoms with Gasteiger partial charge in [-0.05, 0) is 30.7 Å². The third-order valence-electron chi connectivity index (χ3n) is 3.85. The van der Waals surface area contributed by atoms with E-state index in [4.69, 9.17) is 5.26 Å². The summed E-state index contributed by atoms with van der Waals surface area (Å²) in [5, 5.41) is 27.5. The highest BCUT2D eigenvalue weighted by molar-refractivity contribution is 6.06. The topological polar surface area (TPSA) is 100 Å². The molecule has 0 spiro atoms. The second-order valence-corrected chi connectivity index (χ2v) is 5.67. The van der Waals surface area contributed by atoms with Crippen LogP contribution >= 0.6 is 0 Å². The van der Waals surface area contributed by atoms with Crippen LogP contribution in [0.15, 0.2) is 30.0 Å². The van der Waals surface area contributed by atoms with Gasteiger partial charge in [0.05, 0.1) is 0 Å². The first-order valence-electron chi connectivity index (χ1n) is 7.98.